The van der Waals surface area contributed by atoms with Gasteiger partial charge in [0.15, 0.2) is 32.1 Å². The predicted octanol–water partition coefficient (Wildman–Crippen LogP) is 2.02. The van der Waals surface area contributed by atoms with Crippen molar-refractivity contribution in [3.63, 3.8) is 0 Å². The molecule has 0 aromatic heterocycles. The maximum atomic E-state index is 15.3. The van der Waals surface area contributed by atoms with Gasteiger partial charge in [0.2, 0.25) is 10.0 Å². The van der Waals surface area contributed by atoms with Crippen LogP contribution in [0.2, 0.25) is 0 Å². The van der Waals surface area contributed by atoms with Gasteiger partial charge in [-0.2, -0.15) is 0 Å². The fraction of sp³-hybridized carbons (Fsp3) is 0.368. The summed E-state index contributed by atoms with van der Waals surface area (Å²) < 4.78 is 85.1. The van der Waals surface area contributed by atoms with Gasteiger partial charge >= 0.3 is 0 Å². The van der Waals surface area contributed by atoms with E-state index in [1.165, 1.54) is 6.92 Å². The lowest BCUT2D eigenvalue weighted by atomic mass is 10.1. The standard InChI is InChI=1S/C19H24F2N2O6S2/c1-2-29-17-15(21)18(31(22,27)28)14(20)16(19(17)30(25,26)12-8-11-24)23-13-9-6-4-3-5-7-10-13/h3-7,9,13,23-24H,2,8,10-12H2,1H3,(H2,22,27,28)/b4-3-,7-5-,9-6-/t13-/m0/s1. The number of sulfone groups is 1. The highest BCUT2D eigenvalue weighted by Gasteiger charge is 2.37. The highest BCUT2D eigenvalue weighted by Crippen LogP contribution is 2.42. The van der Waals surface area contributed by atoms with Crippen LogP contribution >= 0.6 is 0 Å². The maximum absolute atomic E-state index is 15.3. The molecule has 0 spiro atoms. The summed E-state index contributed by atoms with van der Waals surface area (Å²) in [6, 6.07) is -0.657. The minimum absolute atomic E-state index is 0.204. The SMILES string of the molecule is CCOc1c(F)c(S(N)(=O)=O)c(F)c(N[C@H]2\C=C/C=C\C=C/C2)c1S(=O)(=O)CCCO. The molecule has 31 heavy (non-hydrogen) atoms. The maximum Gasteiger partial charge on any atom is 0.244 e. The quantitative estimate of drug-likeness (QED) is 0.494. The van der Waals surface area contributed by atoms with E-state index in [4.69, 9.17) is 15.0 Å². The molecule has 1 aromatic rings. The molecule has 0 unspecified atom stereocenters. The van der Waals surface area contributed by atoms with Crippen LogP contribution in [0.1, 0.15) is 19.8 Å². The first-order valence-electron chi connectivity index (χ1n) is 9.35. The largest absolute Gasteiger partial charge is 0.489 e. The lowest BCUT2D eigenvalue weighted by Gasteiger charge is -2.23. The topological polar surface area (TPSA) is 136 Å². The molecule has 0 heterocycles. The Hall–Kier alpha value is -2.28. The lowest BCUT2D eigenvalue weighted by Crippen LogP contribution is -2.25. The summed E-state index contributed by atoms with van der Waals surface area (Å²) in [4.78, 5) is -2.36. The summed E-state index contributed by atoms with van der Waals surface area (Å²) >= 11 is 0. The Kier molecular flexibility index (Phi) is 8.34. The molecule has 12 heteroatoms. The number of ether oxygens (including phenoxy) is 1. The highest BCUT2D eigenvalue weighted by atomic mass is 32.2. The van der Waals surface area contributed by atoms with Crippen LogP contribution in [0, 0.1) is 11.6 Å². The van der Waals surface area contributed by atoms with Crippen LogP contribution in [0.25, 0.3) is 0 Å². The first-order valence-corrected chi connectivity index (χ1v) is 12.5. The van der Waals surface area contributed by atoms with E-state index in [2.05, 4.69) is 5.32 Å². The summed E-state index contributed by atoms with van der Waals surface area (Å²) in [6.45, 7) is 0.714. The fourth-order valence-electron chi connectivity index (χ4n) is 2.93. The Morgan fingerprint density at radius 3 is 2.42 bits per heavy atom. The number of sulfonamides is 1. The molecule has 1 aromatic carbocycles. The number of nitrogens with two attached hydrogens (primary N) is 1. The summed E-state index contributed by atoms with van der Waals surface area (Å²) in [5, 5.41) is 16.7. The van der Waals surface area contributed by atoms with E-state index in [1.54, 1.807) is 36.5 Å². The summed E-state index contributed by atoms with van der Waals surface area (Å²) in [5.74, 6) is -4.99. The average molecular weight is 479 g/mol. The van der Waals surface area contributed by atoms with Gasteiger partial charge in [-0.25, -0.2) is 30.8 Å². The van der Waals surface area contributed by atoms with E-state index in [0.717, 1.165) is 0 Å². The number of allylic oxidation sites excluding steroid dienone is 4. The van der Waals surface area contributed by atoms with Crippen molar-refractivity contribution >= 4 is 25.5 Å². The van der Waals surface area contributed by atoms with Crippen molar-refractivity contribution in [1.29, 1.82) is 0 Å². The normalized spacial score (nSPS) is 19.8. The van der Waals surface area contributed by atoms with E-state index >= 15 is 8.78 Å². The van der Waals surface area contributed by atoms with Gasteiger partial charge in [0.25, 0.3) is 0 Å². The molecule has 8 nitrogen and oxygen atoms in total. The molecule has 0 radical (unpaired) electrons. The van der Waals surface area contributed by atoms with Crippen molar-refractivity contribution < 1.29 is 35.5 Å². The molecule has 1 aliphatic carbocycles. The van der Waals surface area contributed by atoms with Crippen LogP contribution in [0.5, 0.6) is 5.75 Å². The van der Waals surface area contributed by atoms with Gasteiger partial charge in [0.1, 0.15) is 4.90 Å². The third-order valence-corrected chi connectivity index (χ3v) is 7.00. The first-order chi connectivity index (χ1) is 14.5. The van der Waals surface area contributed by atoms with E-state index in [0.29, 0.717) is 6.42 Å². The van der Waals surface area contributed by atoms with Gasteiger partial charge in [-0.05, 0) is 19.8 Å². The van der Waals surface area contributed by atoms with Crippen molar-refractivity contribution in [3.8, 4) is 5.75 Å². The molecular formula is C19H24F2N2O6S2. The first kappa shape index (κ1) is 25.0. The van der Waals surface area contributed by atoms with Crippen molar-refractivity contribution in [2.75, 3.05) is 24.3 Å². The zero-order valence-electron chi connectivity index (χ0n) is 16.7. The van der Waals surface area contributed by atoms with Crippen LogP contribution in [-0.4, -0.2) is 47.0 Å². The molecule has 0 bridgehead atoms. The molecule has 0 saturated heterocycles. The number of hydrogen-bond donors (Lipinski definition) is 3. The highest BCUT2D eigenvalue weighted by molar-refractivity contribution is 7.91. The third-order valence-electron chi connectivity index (χ3n) is 4.24. The van der Waals surface area contributed by atoms with Crippen molar-refractivity contribution in [3.05, 3.63) is 48.1 Å². The number of aliphatic hydroxyl groups is 1. The zero-order chi connectivity index (χ0) is 23.2. The predicted molar refractivity (Wildman–Crippen MR) is 112 cm³/mol. The van der Waals surface area contributed by atoms with Crippen LogP contribution < -0.4 is 15.2 Å². The van der Waals surface area contributed by atoms with Crippen molar-refractivity contribution in [1.82, 2.24) is 0 Å². The van der Waals surface area contributed by atoms with Crippen LogP contribution in [0.3, 0.4) is 0 Å². The second-order valence-corrected chi connectivity index (χ2v) is 10.1. The smallest absolute Gasteiger partial charge is 0.244 e. The molecule has 2 rings (SSSR count). The number of aliphatic hydroxyl groups excluding tert-OH is 1. The monoisotopic (exact) mass is 478 g/mol. The number of primary sulfonamides is 1. The zero-order valence-corrected chi connectivity index (χ0v) is 18.3. The molecule has 4 N–H and O–H groups in total. The molecule has 0 amide bonds. The van der Waals surface area contributed by atoms with Crippen molar-refractivity contribution in [2.24, 2.45) is 5.14 Å². The second-order valence-electron chi connectivity index (χ2n) is 6.55. The number of hydrogen-bond acceptors (Lipinski definition) is 7. The van der Waals surface area contributed by atoms with E-state index in [-0.39, 0.29) is 13.0 Å². The number of anilines is 1. The van der Waals surface area contributed by atoms with Crippen LogP contribution in [0.4, 0.5) is 14.5 Å². The van der Waals surface area contributed by atoms with Gasteiger partial charge in [0.05, 0.1) is 18.0 Å². The van der Waals surface area contributed by atoms with Crippen LogP contribution in [-0.2, 0) is 19.9 Å². The molecule has 1 atom stereocenters. The Morgan fingerprint density at radius 1 is 1.13 bits per heavy atom. The number of benzene rings is 1. The average Bonchev–Trinajstić information content (AvgIpc) is 2.64. The molecule has 0 saturated carbocycles. The van der Waals surface area contributed by atoms with E-state index < -0.39 is 71.1 Å². The third kappa shape index (κ3) is 5.91. The minimum atomic E-state index is -4.91. The summed E-state index contributed by atoms with van der Waals surface area (Å²) in [7, 11) is -9.31. The Bertz CT molecular complexity index is 1110. The molecular weight excluding hydrogens is 454 g/mol. The Labute approximate surface area is 180 Å². The molecule has 1 aliphatic rings. The minimum Gasteiger partial charge on any atom is -0.489 e. The number of nitrogens with one attached hydrogen (secondary N) is 1. The van der Waals surface area contributed by atoms with Gasteiger partial charge in [0, 0.05) is 12.6 Å². The van der Waals surface area contributed by atoms with E-state index in [9.17, 15) is 16.8 Å². The Morgan fingerprint density at radius 2 is 1.81 bits per heavy atom. The van der Waals surface area contributed by atoms with Crippen LogP contribution in [0.15, 0.2) is 46.2 Å². The van der Waals surface area contributed by atoms with Gasteiger partial charge in [-0.15, -0.1) is 0 Å². The molecule has 0 fully saturated rings. The Balaban J connectivity index is 2.85. The summed E-state index contributed by atoms with van der Waals surface area (Å²) in [5.41, 5.74) is -0.764. The second kappa shape index (κ2) is 10.4. The molecule has 172 valence electrons. The number of halogens is 2. The lowest BCUT2D eigenvalue weighted by molar-refractivity contribution is 0.294. The van der Waals surface area contributed by atoms with Crippen molar-refractivity contribution in [2.45, 2.75) is 35.6 Å². The van der Waals surface area contributed by atoms with E-state index in [1.807, 2.05) is 0 Å². The fourth-order valence-corrected chi connectivity index (χ4v) is 5.23. The number of rotatable bonds is 9. The van der Waals surface area contributed by atoms with Gasteiger partial charge in [-0.3, -0.25) is 0 Å². The summed E-state index contributed by atoms with van der Waals surface area (Å²) in [6.07, 6.45) is 10.2. The van der Waals surface area contributed by atoms with Gasteiger partial charge in [-0.1, -0.05) is 36.5 Å². The molecule has 0 aliphatic heterocycles. The van der Waals surface area contributed by atoms with Gasteiger partial charge < -0.3 is 15.2 Å².